The Labute approximate surface area is 193 Å². The summed E-state index contributed by atoms with van der Waals surface area (Å²) in [6.07, 6.45) is 5.13. The van der Waals surface area contributed by atoms with Gasteiger partial charge in [-0.05, 0) is 18.6 Å². The van der Waals surface area contributed by atoms with E-state index in [4.69, 9.17) is 29.2 Å². The van der Waals surface area contributed by atoms with Gasteiger partial charge in [-0.25, -0.2) is 24.2 Å². The number of aliphatic carboxylic acids is 2. The summed E-state index contributed by atoms with van der Waals surface area (Å²) in [4.78, 5) is 46.7. The number of carboxylic acids is 2. The Morgan fingerprint density at radius 1 is 1.12 bits per heavy atom. The maximum absolute atomic E-state index is 12.0. The van der Waals surface area contributed by atoms with E-state index >= 15 is 0 Å². The van der Waals surface area contributed by atoms with Crippen LogP contribution in [0.25, 0.3) is 0 Å². The van der Waals surface area contributed by atoms with Crippen LogP contribution in [-0.2, 0) is 30.3 Å². The van der Waals surface area contributed by atoms with E-state index in [0.29, 0.717) is 41.7 Å². The van der Waals surface area contributed by atoms with Gasteiger partial charge in [-0.1, -0.05) is 18.3 Å². The van der Waals surface area contributed by atoms with E-state index in [9.17, 15) is 19.2 Å². The summed E-state index contributed by atoms with van der Waals surface area (Å²) in [6.45, 7) is 4.67. The van der Waals surface area contributed by atoms with Gasteiger partial charge in [-0.3, -0.25) is 0 Å². The number of carbonyl (C=O) groups is 4. The van der Waals surface area contributed by atoms with Crippen molar-refractivity contribution in [1.82, 2.24) is 9.55 Å². The fraction of sp³-hybridized carbons (Fsp3) is 0.350. The Bertz CT molecular complexity index is 907. The van der Waals surface area contributed by atoms with Gasteiger partial charge in [0.15, 0.2) is 5.06 Å². The van der Waals surface area contributed by atoms with Crippen LogP contribution in [0.4, 0.5) is 4.79 Å². The molecule has 2 heterocycles. The third kappa shape index (κ3) is 12.5. The lowest BCUT2D eigenvalue weighted by Crippen LogP contribution is -2.22. The number of rotatable bonds is 11. The Balaban J connectivity index is 0.000000582. The molecule has 0 amide bonds. The van der Waals surface area contributed by atoms with E-state index in [1.165, 1.54) is 6.92 Å². The highest BCUT2D eigenvalue weighted by atomic mass is 32.1. The van der Waals surface area contributed by atoms with Crippen LogP contribution in [0.3, 0.4) is 0 Å². The zero-order valence-corrected chi connectivity index (χ0v) is 18.7. The Morgan fingerprint density at radius 2 is 1.82 bits per heavy atom. The van der Waals surface area contributed by atoms with E-state index in [0.717, 1.165) is 11.3 Å². The fourth-order valence-electron chi connectivity index (χ4n) is 1.91. The van der Waals surface area contributed by atoms with Crippen molar-refractivity contribution >= 4 is 35.4 Å². The Hall–Kier alpha value is -3.87. The minimum absolute atomic E-state index is 0.254. The number of carboxylic acid groups (broad SMARTS) is 2. The standard InChI is InChI=1S/C16H20N2O6S.C4H4O4/c1-3-9-22-16(20)24-12(2)23-15(19)13-4-5-14(25-13)21-10-8-18-7-6-17-11-18;5-3(6)1-2-4(7)8/h4-7,11-12H,3,8-10H2,1-2H3;1-2H,(H,5,6)(H,7,8)/b;2-1+. The number of thiophene rings is 1. The van der Waals surface area contributed by atoms with E-state index < -0.39 is 30.4 Å². The van der Waals surface area contributed by atoms with Crippen LogP contribution in [-0.4, -0.2) is 63.3 Å². The summed E-state index contributed by atoms with van der Waals surface area (Å²) < 4.78 is 22.1. The highest BCUT2D eigenvalue weighted by Crippen LogP contribution is 2.25. The van der Waals surface area contributed by atoms with Crippen molar-refractivity contribution in [1.29, 1.82) is 0 Å². The molecule has 0 saturated heterocycles. The van der Waals surface area contributed by atoms with Gasteiger partial charge in [-0.2, -0.15) is 0 Å². The number of aromatic nitrogens is 2. The summed E-state index contributed by atoms with van der Waals surface area (Å²) in [6, 6.07) is 3.29. The largest absolute Gasteiger partial charge is 0.511 e. The summed E-state index contributed by atoms with van der Waals surface area (Å²) in [5.41, 5.74) is 0. The Kier molecular flexibility index (Phi) is 12.4. The second kappa shape index (κ2) is 15.0. The minimum atomic E-state index is -1.26. The molecule has 1 atom stereocenters. The smallest absolute Gasteiger partial charge is 0.482 e. The van der Waals surface area contributed by atoms with Crippen LogP contribution >= 0.6 is 11.3 Å². The third-order valence-electron chi connectivity index (χ3n) is 3.26. The van der Waals surface area contributed by atoms with Crippen LogP contribution in [0.15, 0.2) is 43.0 Å². The first-order valence-electron chi connectivity index (χ1n) is 9.58. The molecule has 0 aromatic carbocycles. The second-order valence-electron chi connectivity index (χ2n) is 5.97. The van der Waals surface area contributed by atoms with E-state index in [1.54, 1.807) is 24.7 Å². The molecule has 0 spiro atoms. The number of hydrogen-bond donors (Lipinski definition) is 2. The monoisotopic (exact) mass is 484 g/mol. The number of carbonyl (C=O) groups excluding carboxylic acids is 2. The number of imidazole rings is 1. The normalized spacial score (nSPS) is 11.1. The fourth-order valence-corrected chi connectivity index (χ4v) is 2.67. The minimum Gasteiger partial charge on any atom is -0.482 e. The maximum Gasteiger partial charge on any atom is 0.511 e. The first kappa shape index (κ1) is 27.2. The van der Waals surface area contributed by atoms with Crippen LogP contribution < -0.4 is 4.74 Å². The molecule has 13 heteroatoms. The molecule has 2 N–H and O–H groups in total. The molecule has 0 fully saturated rings. The van der Waals surface area contributed by atoms with Crippen molar-refractivity contribution in [2.45, 2.75) is 33.1 Å². The average Bonchev–Trinajstić information content (AvgIpc) is 3.43. The predicted molar refractivity (Wildman–Crippen MR) is 114 cm³/mol. The lowest BCUT2D eigenvalue weighted by Gasteiger charge is -2.13. The van der Waals surface area contributed by atoms with Crippen molar-refractivity contribution in [3.8, 4) is 5.06 Å². The van der Waals surface area contributed by atoms with Gasteiger partial charge in [0.05, 0.1) is 19.5 Å². The molecule has 2 aromatic heterocycles. The number of nitrogens with zero attached hydrogens (tertiary/aromatic N) is 2. The lowest BCUT2D eigenvalue weighted by atomic mass is 10.5. The molecule has 180 valence electrons. The van der Waals surface area contributed by atoms with Gasteiger partial charge in [0.25, 0.3) is 0 Å². The van der Waals surface area contributed by atoms with Crippen LogP contribution in [0, 0.1) is 0 Å². The highest BCUT2D eigenvalue weighted by molar-refractivity contribution is 7.15. The summed E-state index contributed by atoms with van der Waals surface area (Å²) in [5, 5.41) is 16.2. The van der Waals surface area contributed by atoms with E-state index in [1.807, 2.05) is 17.7 Å². The zero-order valence-electron chi connectivity index (χ0n) is 17.9. The highest BCUT2D eigenvalue weighted by Gasteiger charge is 2.18. The summed E-state index contributed by atoms with van der Waals surface area (Å²) in [5.74, 6) is -3.11. The van der Waals surface area contributed by atoms with Gasteiger partial charge in [-0.15, -0.1) is 0 Å². The molecule has 1 unspecified atom stereocenters. The van der Waals surface area contributed by atoms with Crippen molar-refractivity contribution in [2.24, 2.45) is 0 Å². The van der Waals surface area contributed by atoms with Crippen molar-refractivity contribution in [3.63, 3.8) is 0 Å². The van der Waals surface area contributed by atoms with Gasteiger partial charge >= 0.3 is 24.1 Å². The van der Waals surface area contributed by atoms with Gasteiger partial charge in [0.2, 0.25) is 6.29 Å². The predicted octanol–water partition coefficient (Wildman–Crippen LogP) is 2.80. The lowest BCUT2D eigenvalue weighted by molar-refractivity contribution is -0.134. The molecule has 33 heavy (non-hydrogen) atoms. The second-order valence-corrected chi connectivity index (χ2v) is 7.01. The zero-order chi connectivity index (χ0) is 24.6. The first-order chi connectivity index (χ1) is 15.7. The molecule has 0 aliphatic carbocycles. The van der Waals surface area contributed by atoms with E-state index in [-0.39, 0.29) is 6.61 Å². The van der Waals surface area contributed by atoms with E-state index in [2.05, 4.69) is 4.98 Å². The Morgan fingerprint density at radius 3 is 2.39 bits per heavy atom. The molecule has 0 aliphatic rings. The van der Waals surface area contributed by atoms with Gasteiger partial charge in [0, 0.05) is 31.5 Å². The molecule has 2 rings (SSSR count). The SMILES string of the molecule is CCCOC(=O)OC(C)OC(=O)c1ccc(OCCn2ccnc2)s1.O=C(O)/C=C/C(=O)O. The third-order valence-corrected chi connectivity index (χ3v) is 4.24. The van der Waals surface area contributed by atoms with Crippen molar-refractivity contribution in [2.75, 3.05) is 13.2 Å². The quantitative estimate of drug-likeness (QED) is 0.274. The molecule has 0 aliphatic heterocycles. The molecular formula is C20H24N2O10S. The van der Waals surface area contributed by atoms with Crippen molar-refractivity contribution in [3.05, 3.63) is 47.9 Å². The topological polar surface area (TPSA) is 163 Å². The number of ether oxygens (including phenoxy) is 4. The molecule has 2 aromatic rings. The van der Waals surface area contributed by atoms with Gasteiger partial charge in [0.1, 0.15) is 11.5 Å². The molecule has 0 radical (unpaired) electrons. The molecular weight excluding hydrogens is 460 g/mol. The number of esters is 1. The summed E-state index contributed by atoms with van der Waals surface area (Å²) in [7, 11) is 0. The average molecular weight is 484 g/mol. The molecule has 0 saturated carbocycles. The maximum atomic E-state index is 12.0. The van der Waals surface area contributed by atoms with Crippen LogP contribution in [0.2, 0.25) is 0 Å². The molecule has 12 nitrogen and oxygen atoms in total. The van der Waals surface area contributed by atoms with Crippen LogP contribution in [0.5, 0.6) is 5.06 Å². The van der Waals surface area contributed by atoms with Crippen LogP contribution in [0.1, 0.15) is 29.9 Å². The van der Waals surface area contributed by atoms with Crippen molar-refractivity contribution < 1.29 is 48.3 Å². The first-order valence-corrected chi connectivity index (χ1v) is 10.4. The van der Waals surface area contributed by atoms with Gasteiger partial charge < -0.3 is 33.7 Å². The molecule has 0 bridgehead atoms. The number of hydrogen-bond acceptors (Lipinski definition) is 10. The summed E-state index contributed by atoms with van der Waals surface area (Å²) >= 11 is 1.16.